The molecule has 1 aliphatic heterocycles. The van der Waals surface area contributed by atoms with Gasteiger partial charge in [0, 0.05) is 24.7 Å². The van der Waals surface area contributed by atoms with E-state index in [9.17, 15) is 14.3 Å². The predicted molar refractivity (Wildman–Crippen MR) is 61.3 cm³/mol. The molecule has 1 aliphatic rings. The van der Waals surface area contributed by atoms with Crippen molar-refractivity contribution in [3.63, 3.8) is 0 Å². The number of benzene rings is 1. The first kappa shape index (κ1) is 12.5. The molecule has 0 aromatic heterocycles. The molecule has 0 aliphatic carbocycles. The number of phenols is 2. The Labute approximate surface area is 103 Å². The number of phenolic OH excluding ortho intramolecular Hbond substituents is 2. The van der Waals surface area contributed by atoms with Crippen molar-refractivity contribution in [2.45, 2.75) is 18.8 Å². The highest BCUT2D eigenvalue weighted by molar-refractivity contribution is 5.65. The molecule has 2 rings (SSSR count). The first-order valence-electron chi connectivity index (χ1n) is 5.68. The highest BCUT2D eigenvalue weighted by Crippen LogP contribution is 2.36. The largest absolute Gasteiger partial charge is 0.508 e. The molecule has 1 fully saturated rings. The second-order valence-corrected chi connectivity index (χ2v) is 4.41. The van der Waals surface area contributed by atoms with Crippen molar-refractivity contribution in [1.29, 1.82) is 0 Å². The maximum atomic E-state index is 13.3. The second kappa shape index (κ2) is 4.72. The van der Waals surface area contributed by atoms with Crippen molar-refractivity contribution >= 4 is 6.09 Å². The normalized spacial score (nSPS) is 16.8. The number of hydrogen-bond acceptors (Lipinski definition) is 3. The van der Waals surface area contributed by atoms with Crippen LogP contribution in [0.2, 0.25) is 0 Å². The summed E-state index contributed by atoms with van der Waals surface area (Å²) in [5.74, 6) is -1.60. The summed E-state index contributed by atoms with van der Waals surface area (Å²) < 4.78 is 13.3. The predicted octanol–water partition coefficient (Wildman–Crippen LogP) is 2.09. The molecule has 6 heteroatoms. The fourth-order valence-electron chi connectivity index (χ4n) is 2.27. The SMILES string of the molecule is O=C(O)N1CCC(c2cc(F)c(O)cc2O)CC1. The monoisotopic (exact) mass is 255 g/mol. The van der Waals surface area contributed by atoms with E-state index in [0.717, 1.165) is 12.1 Å². The average Bonchev–Trinajstić information content (AvgIpc) is 2.34. The standard InChI is InChI=1S/C12H14FNO4/c13-9-5-8(10(15)6-11(9)16)7-1-3-14(4-2-7)12(17)18/h5-7,15-16H,1-4H2,(H,17,18). The van der Waals surface area contributed by atoms with Crippen LogP contribution in [0.25, 0.3) is 0 Å². The summed E-state index contributed by atoms with van der Waals surface area (Å²) in [6.45, 7) is 0.726. The third kappa shape index (κ3) is 2.32. The van der Waals surface area contributed by atoms with E-state index in [1.165, 1.54) is 4.90 Å². The molecule has 0 saturated carbocycles. The maximum Gasteiger partial charge on any atom is 0.407 e. The number of likely N-dealkylation sites (tertiary alicyclic amines) is 1. The van der Waals surface area contributed by atoms with Crippen molar-refractivity contribution < 1.29 is 24.5 Å². The molecule has 0 spiro atoms. The molecular weight excluding hydrogens is 241 g/mol. The summed E-state index contributed by atoms with van der Waals surface area (Å²) >= 11 is 0. The number of hydrogen-bond donors (Lipinski definition) is 3. The fraction of sp³-hybridized carbons (Fsp3) is 0.417. The topological polar surface area (TPSA) is 81.0 Å². The van der Waals surface area contributed by atoms with E-state index in [0.29, 0.717) is 31.5 Å². The van der Waals surface area contributed by atoms with Gasteiger partial charge in [0.15, 0.2) is 11.6 Å². The number of carbonyl (C=O) groups is 1. The summed E-state index contributed by atoms with van der Waals surface area (Å²) in [5, 5.41) is 27.6. The summed E-state index contributed by atoms with van der Waals surface area (Å²) in [7, 11) is 0. The van der Waals surface area contributed by atoms with E-state index < -0.39 is 17.7 Å². The molecule has 1 aromatic rings. The first-order valence-corrected chi connectivity index (χ1v) is 5.68. The molecule has 5 nitrogen and oxygen atoms in total. The Morgan fingerprint density at radius 2 is 1.83 bits per heavy atom. The highest BCUT2D eigenvalue weighted by Gasteiger charge is 2.25. The Balaban J connectivity index is 2.15. The van der Waals surface area contributed by atoms with Gasteiger partial charge in [0.05, 0.1) is 0 Å². The molecule has 18 heavy (non-hydrogen) atoms. The van der Waals surface area contributed by atoms with E-state index in [1.807, 2.05) is 0 Å². The molecular formula is C12H14FNO4. The molecule has 1 aromatic carbocycles. The zero-order valence-electron chi connectivity index (χ0n) is 9.64. The number of nitrogens with zero attached hydrogens (tertiary/aromatic N) is 1. The molecule has 1 heterocycles. The third-order valence-corrected chi connectivity index (χ3v) is 3.30. The minimum absolute atomic E-state index is 0.0873. The fourth-order valence-corrected chi connectivity index (χ4v) is 2.27. The molecule has 3 N–H and O–H groups in total. The van der Waals surface area contributed by atoms with Gasteiger partial charge in [0.1, 0.15) is 5.75 Å². The van der Waals surface area contributed by atoms with Gasteiger partial charge >= 0.3 is 6.09 Å². The first-order chi connectivity index (χ1) is 8.49. The van der Waals surface area contributed by atoms with E-state index in [-0.39, 0.29) is 11.7 Å². The Bertz CT molecular complexity index is 469. The summed E-state index contributed by atoms with van der Waals surface area (Å²) in [6, 6.07) is 2.10. The molecule has 0 unspecified atom stereocenters. The van der Waals surface area contributed by atoms with Gasteiger partial charge in [-0.1, -0.05) is 0 Å². The third-order valence-electron chi connectivity index (χ3n) is 3.30. The summed E-state index contributed by atoms with van der Waals surface area (Å²) in [5.41, 5.74) is 0.426. The Hall–Kier alpha value is -1.98. The van der Waals surface area contributed by atoms with Gasteiger partial charge in [0.25, 0.3) is 0 Å². The van der Waals surface area contributed by atoms with Crippen LogP contribution in [0, 0.1) is 5.82 Å². The van der Waals surface area contributed by atoms with Gasteiger partial charge in [-0.25, -0.2) is 9.18 Å². The Kier molecular flexibility index (Phi) is 3.27. The van der Waals surface area contributed by atoms with Crippen LogP contribution < -0.4 is 0 Å². The van der Waals surface area contributed by atoms with E-state index in [2.05, 4.69) is 0 Å². The van der Waals surface area contributed by atoms with Crippen LogP contribution in [-0.4, -0.2) is 39.4 Å². The molecule has 1 saturated heterocycles. The van der Waals surface area contributed by atoms with Crippen molar-refractivity contribution in [2.24, 2.45) is 0 Å². The van der Waals surface area contributed by atoms with Gasteiger partial charge < -0.3 is 20.2 Å². The Morgan fingerprint density at radius 3 is 2.39 bits per heavy atom. The van der Waals surface area contributed by atoms with Crippen LogP contribution in [0.15, 0.2) is 12.1 Å². The zero-order chi connectivity index (χ0) is 13.3. The van der Waals surface area contributed by atoms with Crippen molar-refractivity contribution in [2.75, 3.05) is 13.1 Å². The zero-order valence-corrected chi connectivity index (χ0v) is 9.64. The van der Waals surface area contributed by atoms with Crippen LogP contribution in [0.1, 0.15) is 24.3 Å². The van der Waals surface area contributed by atoms with Gasteiger partial charge in [-0.2, -0.15) is 0 Å². The summed E-state index contributed by atoms with van der Waals surface area (Å²) in [4.78, 5) is 12.0. The number of amides is 1. The van der Waals surface area contributed by atoms with E-state index in [4.69, 9.17) is 10.2 Å². The average molecular weight is 255 g/mol. The minimum Gasteiger partial charge on any atom is -0.508 e. The minimum atomic E-state index is -0.963. The van der Waals surface area contributed by atoms with E-state index in [1.54, 1.807) is 0 Å². The number of piperidine rings is 1. The van der Waals surface area contributed by atoms with Gasteiger partial charge in [0.2, 0.25) is 0 Å². The molecule has 0 atom stereocenters. The number of aromatic hydroxyl groups is 2. The molecule has 98 valence electrons. The smallest absolute Gasteiger partial charge is 0.407 e. The highest BCUT2D eigenvalue weighted by atomic mass is 19.1. The lowest BCUT2D eigenvalue weighted by molar-refractivity contribution is 0.132. The molecule has 1 amide bonds. The van der Waals surface area contributed by atoms with Crippen LogP contribution in [0.3, 0.4) is 0 Å². The lowest BCUT2D eigenvalue weighted by atomic mass is 9.89. The van der Waals surface area contributed by atoms with Crippen LogP contribution in [-0.2, 0) is 0 Å². The van der Waals surface area contributed by atoms with Gasteiger partial charge in [-0.3, -0.25) is 0 Å². The second-order valence-electron chi connectivity index (χ2n) is 4.41. The molecule has 0 bridgehead atoms. The number of halogens is 1. The molecule has 0 radical (unpaired) electrons. The Morgan fingerprint density at radius 1 is 1.22 bits per heavy atom. The van der Waals surface area contributed by atoms with Crippen LogP contribution >= 0.6 is 0 Å². The van der Waals surface area contributed by atoms with Gasteiger partial charge in [-0.05, 0) is 24.8 Å². The lowest BCUT2D eigenvalue weighted by Gasteiger charge is -2.30. The van der Waals surface area contributed by atoms with Crippen LogP contribution in [0.5, 0.6) is 11.5 Å². The van der Waals surface area contributed by atoms with Crippen molar-refractivity contribution in [1.82, 2.24) is 4.90 Å². The van der Waals surface area contributed by atoms with E-state index >= 15 is 0 Å². The number of rotatable bonds is 1. The van der Waals surface area contributed by atoms with Crippen LogP contribution in [0.4, 0.5) is 9.18 Å². The quantitative estimate of drug-likeness (QED) is 0.717. The maximum absolute atomic E-state index is 13.3. The lowest BCUT2D eigenvalue weighted by Crippen LogP contribution is -2.36. The van der Waals surface area contributed by atoms with Crippen molar-refractivity contribution in [3.05, 3.63) is 23.5 Å². The summed E-state index contributed by atoms with van der Waals surface area (Å²) in [6.07, 6.45) is 0.100. The van der Waals surface area contributed by atoms with Crippen molar-refractivity contribution in [3.8, 4) is 11.5 Å². The van der Waals surface area contributed by atoms with Gasteiger partial charge in [-0.15, -0.1) is 0 Å². The number of carboxylic acid groups (broad SMARTS) is 1.